The van der Waals surface area contributed by atoms with E-state index in [0.717, 1.165) is 15.6 Å². The monoisotopic (exact) mass is 371 g/mol. The fourth-order valence-corrected chi connectivity index (χ4v) is 3.19. The minimum absolute atomic E-state index is 0.196. The Labute approximate surface area is 139 Å². The Morgan fingerprint density at radius 2 is 2.10 bits per heavy atom. The molecule has 1 aromatic carbocycles. The molecule has 21 heavy (non-hydrogen) atoms. The number of carbonyl (C=O) groups is 1. The Kier molecular flexibility index (Phi) is 6.24. The SMILES string of the molecule is Cc1cc(Br)cc(Cl)c1C(C#N)CCC(=O)OC(C)(C)C. The van der Waals surface area contributed by atoms with E-state index < -0.39 is 11.5 Å². The number of ether oxygens (including phenoxy) is 1. The van der Waals surface area contributed by atoms with Crippen LogP contribution < -0.4 is 0 Å². The van der Waals surface area contributed by atoms with Gasteiger partial charge in [-0.2, -0.15) is 5.26 Å². The fourth-order valence-electron chi connectivity index (χ4n) is 2.08. The first kappa shape index (κ1) is 18.0. The fraction of sp³-hybridized carbons (Fsp3) is 0.500. The van der Waals surface area contributed by atoms with Crippen LogP contribution in [0.3, 0.4) is 0 Å². The number of hydrogen-bond acceptors (Lipinski definition) is 3. The zero-order valence-electron chi connectivity index (χ0n) is 12.7. The third kappa shape index (κ3) is 5.68. The minimum Gasteiger partial charge on any atom is -0.460 e. The van der Waals surface area contributed by atoms with Gasteiger partial charge in [0.25, 0.3) is 0 Å². The van der Waals surface area contributed by atoms with Crippen molar-refractivity contribution in [2.45, 2.75) is 52.1 Å². The zero-order chi connectivity index (χ0) is 16.2. The number of rotatable bonds is 4. The van der Waals surface area contributed by atoms with E-state index in [-0.39, 0.29) is 12.4 Å². The Morgan fingerprint density at radius 1 is 1.48 bits per heavy atom. The molecule has 1 atom stereocenters. The molecule has 1 unspecified atom stereocenters. The van der Waals surface area contributed by atoms with Crippen LogP contribution in [0.4, 0.5) is 0 Å². The van der Waals surface area contributed by atoms with Gasteiger partial charge in [-0.25, -0.2) is 0 Å². The van der Waals surface area contributed by atoms with Gasteiger partial charge in [0.1, 0.15) is 5.60 Å². The van der Waals surface area contributed by atoms with Crippen molar-refractivity contribution < 1.29 is 9.53 Å². The smallest absolute Gasteiger partial charge is 0.306 e. The lowest BCUT2D eigenvalue weighted by Gasteiger charge is -2.20. The third-order valence-electron chi connectivity index (χ3n) is 2.86. The lowest BCUT2D eigenvalue weighted by molar-refractivity contribution is -0.154. The van der Waals surface area contributed by atoms with E-state index in [1.807, 2.05) is 33.8 Å². The van der Waals surface area contributed by atoms with E-state index in [1.54, 1.807) is 6.07 Å². The van der Waals surface area contributed by atoms with Gasteiger partial charge in [0, 0.05) is 15.9 Å². The van der Waals surface area contributed by atoms with Gasteiger partial charge in [0.15, 0.2) is 0 Å². The molecule has 0 saturated heterocycles. The second-order valence-electron chi connectivity index (χ2n) is 5.92. The largest absolute Gasteiger partial charge is 0.460 e. The molecule has 3 nitrogen and oxygen atoms in total. The highest BCUT2D eigenvalue weighted by atomic mass is 79.9. The second kappa shape index (κ2) is 7.29. The summed E-state index contributed by atoms with van der Waals surface area (Å²) in [4.78, 5) is 11.8. The van der Waals surface area contributed by atoms with Crippen molar-refractivity contribution in [1.82, 2.24) is 0 Å². The number of nitriles is 1. The normalized spacial score (nSPS) is 12.6. The lowest BCUT2D eigenvalue weighted by Crippen LogP contribution is -2.24. The van der Waals surface area contributed by atoms with Crippen LogP contribution in [0.1, 0.15) is 50.7 Å². The number of carbonyl (C=O) groups excluding carboxylic acids is 1. The molecule has 0 bridgehead atoms. The van der Waals surface area contributed by atoms with E-state index in [9.17, 15) is 10.1 Å². The summed E-state index contributed by atoms with van der Waals surface area (Å²) in [5, 5.41) is 9.91. The van der Waals surface area contributed by atoms with Crippen LogP contribution >= 0.6 is 27.5 Å². The average molecular weight is 373 g/mol. The lowest BCUT2D eigenvalue weighted by atomic mass is 9.92. The van der Waals surface area contributed by atoms with Crippen LogP contribution in [-0.4, -0.2) is 11.6 Å². The predicted octanol–water partition coefficient (Wildman–Crippen LogP) is 5.14. The molecule has 0 saturated carbocycles. The van der Waals surface area contributed by atoms with E-state index in [4.69, 9.17) is 16.3 Å². The van der Waals surface area contributed by atoms with Gasteiger partial charge in [-0.3, -0.25) is 4.79 Å². The predicted molar refractivity (Wildman–Crippen MR) is 87.3 cm³/mol. The third-order valence-corrected chi connectivity index (χ3v) is 3.63. The standard InChI is InChI=1S/C16H19BrClNO2/c1-10-7-12(17)8-13(18)15(10)11(9-19)5-6-14(20)21-16(2,3)4/h7-8,11H,5-6H2,1-4H3. The summed E-state index contributed by atoms with van der Waals surface area (Å²) >= 11 is 9.60. The second-order valence-corrected chi connectivity index (χ2v) is 7.25. The number of nitrogens with zero attached hydrogens (tertiary/aromatic N) is 1. The topological polar surface area (TPSA) is 50.1 Å². The molecular formula is C16H19BrClNO2. The van der Waals surface area contributed by atoms with Crippen molar-refractivity contribution in [2.24, 2.45) is 0 Å². The van der Waals surface area contributed by atoms with Crippen molar-refractivity contribution in [3.63, 3.8) is 0 Å². The molecule has 114 valence electrons. The molecule has 1 rings (SSSR count). The summed E-state index contributed by atoms with van der Waals surface area (Å²) in [7, 11) is 0. The quantitative estimate of drug-likeness (QED) is 0.688. The number of hydrogen-bond donors (Lipinski definition) is 0. The van der Waals surface area contributed by atoms with Gasteiger partial charge in [0.05, 0.1) is 12.0 Å². The van der Waals surface area contributed by atoms with Gasteiger partial charge in [-0.15, -0.1) is 0 Å². The molecule has 0 fully saturated rings. The molecule has 5 heteroatoms. The molecule has 1 aromatic rings. The van der Waals surface area contributed by atoms with Crippen molar-refractivity contribution in [1.29, 1.82) is 5.26 Å². The van der Waals surface area contributed by atoms with E-state index in [1.165, 1.54) is 0 Å². The van der Waals surface area contributed by atoms with Crippen molar-refractivity contribution >= 4 is 33.5 Å². The Bertz CT molecular complexity index is 550. The molecule has 0 N–H and O–H groups in total. The minimum atomic E-state index is -0.510. The highest BCUT2D eigenvalue weighted by Crippen LogP contribution is 2.33. The molecule has 0 radical (unpaired) electrons. The van der Waals surface area contributed by atoms with Crippen LogP contribution in [0.5, 0.6) is 0 Å². The van der Waals surface area contributed by atoms with Gasteiger partial charge in [-0.1, -0.05) is 27.5 Å². The summed E-state index contributed by atoms with van der Waals surface area (Å²) in [6, 6.07) is 5.91. The van der Waals surface area contributed by atoms with Gasteiger partial charge in [0.2, 0.25) is 0 Å². The van der Waals surface area contributed by atoms with Crippen molar-refractivity contribution in [3.05, 3.63) is 32.8 Å². The number of aryl methyl sites for hydroxylation is 1. The van der Waals surface area contributed by atoms with Crippen LogP contribution in [0.2, 0.25) is 5.02 Å². The Hall–Kier alpha value is -1.05. The molecule has 0 spiro atoms. The van der Waals surface area contributed by atoms with Crippen LogP contribution in [0.25, 0.3) is 0 Å². The number of halogens is 2. The molecule has 0 aliphatic heterocycles. The molecule has 0 aromatic heterocycles. The van der Waals surface area contributed by atoms with Gasteiger partial charge < -0.3 is 4.74 Å². The first-order chi connectivity index (χ1) is 9.64. The average Bonchev–Trinajstić information content (AvgIpc) is 2.29. The van der Waals surface area contributed by atoms with Crippen LogP contribution in [0, 0.1) is 18.3 Å². The zero-order valence-corrected chi connectivity index (χ0v) is 15.0. The van der Waals surface area contributed by atoms with E-state index in [2.05, 4.69) is 22.0 Å². The molecule has 0 aliphatic carbocycles. The number of benzene rings is 1. The van der Waals surface area contributed by atoms with Crippen molar-refractivity contribution in [2.75, 3.05) is 0 Å². The maximum atomic E-state index is 11.8. The maximum Gasteiger partial charge on any atom is 0.306 e. The molecular weight excluding hydrogens is 354 g/mol. The molecule has 0 amide bonds. The van der Waals surface area contributed by atoms with Crippen LogP contribution in [-0.2, 0) is 9.53 Å². The van der Waals surface area contributed by atoms with Gasteiger partial charge in [-0.05, 0) is 57.4 Å². The van der Waals surface area contributed by atoms with Gasteiger partial charge >= 0.3 is 5.97 Å². The summed E-state index contributed by atoms with van der Waals surface area (Å²) in [5.41, 5.74) is 1.21. The first-order valence-electron chi connectivity index (χ1n) is 6.71. The summed E-state index contributed by atoms with van der Waals surface area (Å²) in [6.07, 6.45) is 0.592. The molecule has 0 heterocycles. The summed E-state index contributed by atoms with van der Waals surface area (Å²) in [6.45, 7) is 7.37. The maximum absolute atomic E-state index is 11.8. The summed E-state index contributed by atoms with van der Waals surface area (Å²) in [5.74, 6) is -0.716. The highest BCUT2D eigenvalue weighted by molar-refractivity contribution is 9.10. The van der Waals surface area contributed by atoms with Crippen LogP contribution in [0.15, 0.2) is 16.6 Å². The highest BCUT2D eigenvalue weighted by Gasteiger charge is 2.21. The van der Waals surface area contributed by atoms with E-state index >= 15 is 0 Å². The number of esters is 1. The Morgan fingerprint density at radius 3 is 2.57 bits per heavy atom. The first-order valence-corrected chi connectivity index (χ1v) is 7.88. The van der Waals surface area contributed by atoms with E-state index in [0.29, 0.717) is 11.4 Å². The molecule has 0 aliphatic rings. The Balaban J connectivity index is 2.82. The summed E-state index contributed by atoms with van der Waals surface area (Å²) < 4.78 is 6.13. The van der Waals surface area contributed by atoms with Crippen molar-refractivity contribution in [3.8, 4) is 6.07 Å².